The van der Waals surface area contributed by atoms with Crippen molar-refractivity contribution in [1.29, 1.82) is 0 Å². The number of hydrogen-bond acceptors (Lipinski definition) is 8. The van der Waals surface area contributed by atoms with Gasteiger partial charge in [0.15, 0.2) is 11.2 Å². The Hall–Kier alpha value is -4.22. The number of benzene rings is 1. The highest BCUT2D eigenvalue weighted by Crippen LogP contribution is 2.31. The summed E-state index contributed by atoms with van der Waals surface area (Å²) in [6.45, 7) is 5.31. The second kappa shape index (κ2) is 9.20. The maximum Gasteiger partial charge on any atom is 0.411 e. The van der Waals surface area contributed by atoms with Gasteiger partial charge in [-0.3, -0.25) is 24.8 Å². The van der Waals surface area contributed by atoms with E-state index in [9.17, 15) is 19.2 Å². The Morgan fingerprint density at radius 1 is 1.17 bits per heavy atom. The van der Waals surface area contributed by atoms with Crippen LogP contribution in [0.5, 0.6) is 0 Å². The maximum absolute atomic E-state index is 12.8. The van der Waals surface area contributed by atoms with Crippen LogP contribution in [0, 0.1) is 0 Å². The van der Waals surface area contributed by atoms with Gasteiger partial charge in [0.25, 0.3) is 11.5 Å². The highest BCUT2D eigenvalue weighted by atomic mass is 16.6. The molecular formula is C23H26N6O6. The van der Waals surface area contributed by atoms with Gasteiger partial charge in [0.2, 0.25) is 5.95 Å². The van der Waals surface area contributed by atoms with Crippen molar-refractivity contribution in [2.45, 2.75) is 44.9 Å². The van der Waals surface area contributed by atoms with Crippen molar-refractivity contribution in [1.82, 2.24) is 24.4 Å². The first-order valence-electron chi connectivity index (χ1n) is 11.0. The molecule has 0 unspecified atom stereocenters. The highest BCUT2D eigenvalue weighted by molar-refractivity contribution is 6.03. The van der Waals surface area contributed by atoms with Crippen LogP contribution in [0.15, 0.2) is 41.5 Å². The molecule has 0 aliphatic carbocycles. The van der Waals surface area contributed by atoms with Crippen molar-refractivity contribution in [2.24, 2.45) is 0 Å². The molecule has 2 aromatic heterocycles. The number of aromatic amines is 1. The molecule has 0 bridgehead atoms. The molecule has 12 heteroatoms. The van der Waals surface area contributed by atoms with Gasteiger partial charge < -0.3 is 14.0 Å². The molecule has 4 rings (SSSR count). The first-order chi connectivity index (χ1) is 16.6. The third-order valence-corrected chi connectivity index (χ3v) is 5.47. The van der Waals surface area contributed by atoms with Crippen LogP contribution in [0.3, 0.4) is 0 Å². The van der Waals surface area contributed by atoms with Crippen LogP contribution in [0.2, 0.25) is 0 Å². The molecule has 12 nitrogen and oxygen atoms in total. The minimum absolute atomic E-state index is 0.0513. The number of amides is 2. The van der Waals surface area contributed by atoms with E-state index in [4.69, 9.17) is 9.47 Å². The average molecular weight is 482 g/mol. The second-order valence-electron chi connectivity index (χ2n) is 9.12. The van der Waals surface area contributed by atoms with Crippen LogP contribution in [0.4, 0.5) is 10.7 Å². The van der Waals surface area contributed by atoms with E-state index in [1.54, 1.807) is 55.7 Å². The van der Waals surface area contributed by atoms with Gasteiger partial charge in [-0.2, -0.15) is 4.98 Å². The Morgan fingerprint density at radius 2 is 1.89 bits per heavy atom. The Kier molecular flexibility index (Phi) is 6.29. The summed E-state index contributed by atoms with van der Waals surface area (Å²) in [5.41, 5.74) is -0.625. The van der Waals surface area contributed by atoms with E-state index in [1.807, 2.05) is 0 Å². The topological polar surface area (TPSA) is 149 Å². The fourth-order valence-corrected chi connectivity index (χ4v) is 3.92. The number of rotatable bonds is 4. The number of fused-ring (bicyclic) bond motifs is 1. The summed E-state index contributed by atoms with van der Waals surface area (Å²) < 4.78 is 12.0. The molecule has 0 saturated carbocycles. The van der Waals surface area contributed by atoms with Gasteiger partial charge in [-0.1, -0.05) is 18.2 Å². The lowest BCUT2D eigenvalue weighted by atomic mass is 10.1. The van der Waals surface area contributed by atoms with Crippen molar-refractivity contribution in [2.75, 3.05) is 19.0 Å². The number of nitrogens with one attached hydrogen (secondary N) is 2. The summed E-state index contributed by atoms with van der Waals surface area (Å²) >= 11 is 0. The van der Waals surface area contributed by atoms with Crippen molar-refractivity contribution < 1.29 is 23.9 Å². The second-order valence-corrected chi connectivity index (χ2v) is 9.12. The number of anilines is 1. The van der Waals surface area contributed by atoms with Crippen molar-refractivity contribution in [3.05, 3.63) is 52.6 Å². The number of nitrogens with zero attached hydrogens (tertiary/aromatic N) is 4. The van der Waals surface area contributed by atoms with Crippen molar-refractivity contribution >= 4 is 35.1 Å². The van der Waals surface area contributed by atoms with Gasteiger partial charge in [0, 0.05) is 18.5 Å². The Bertz CT molecular complexity index is 1330. The van der Waals surface area contributed by atoms with Crippen LogP contribution >= 0.6 is 0 Å². The quantitative estimate of drug-likeness (QED) is 0.537. The molecule has 1 aromatic carbocycles. The average Bonchev–Trinajstić information content (AvgIpc) is 3.43. The number of methoxy groups -OCH3 is 1. The third-order valence-electron chi connectivity index (χ3n) is 5.47. The van der Waals surface area contributed by atoms with E-state index in [-0.39, 0.29) is 30.1 Å². The normalized spacial score (nSPS) is 17.9. The van der Waals surface area contributed by atoms with Gasteiger partial charge in [0.1, 0.15) is 11.6 Å². The molecule has 184 valence electrons. The van der Waals surface area contributed by atoms with Crippen LogP contribution in [0.25, 0.3) is 11.2 Å². The molecule has 0 spiro atoms. The van der Waals surface area contributed by atoms with Gasteiger partial charge >= 0.3 is 12.1 Å². The number of carbonyl (C=O) groups is 3. The lowest BCUT2D eigenvalue weighted by Crippen LogP contribution is -2.43. The molecule has 2 atom stereocenters. The highest BCUT2D eigenvalue weighted by Gasteiger charge is 2.43. The van der Waals surface area contributed by atoms with E-state index in [2.05, 4.69) is 20.3 Å². The number of imidazole rings is 1. The van der Waals surface area contributed by atoms with E-state index in [0.717, 1.165) is 0 Å². The minimum Gasteiger partial charge on any atom is -0.467 e. The Labute approximate surface area is 200 Å². The summed E-state index contributed by atoms with van der Waals surface area (Å²) in [5.74, 6) is -1.07. The zero-order valence-electron chi connectivity index (χ0n) is 19.8. The molecule has 1 aliphatic heterocycles. The third kappa shape index (κ3) is 5.00. The van der Waals surface area contributed by atoms with Gasteiger partial charge in [-0.15, -0.1) is 0 Å². The molecular weight excluding hydrogens is 456 g/mol. The zero-order chi connectivity index (χ0) is 25.3. The predicted molar refractivity (Wildman–Crippen MR) is 125 cm³/mol. The predicted octanol–water partition coefficient (Wildman–Crippen LogP) is 2.10. The van der Waals surface area contributed by atoms with Crippen LogP contribution in [-0.4, -0.2) is 67.7 Å². The number of hydrogen-bond donors (Lipinski definition) is 2. The number of carbonyl (C=O) groups excluding carboxylic acids is 3. The molecule has 3 aromatic rings. The summed E-state index contributed by atoms with van der Waals surface area (Å²) in [6.07, 6.45) is 0.978. The number of likely N-dealkylation sites (tertiary alicyclic amines) is 1. The molecule has 1 saturated heterocycles. The molecule has 0 radical (unpaired) electrons. The van der Waals surface area contributed by atoms with E-state index in [0.29, 0.717) is 5.56 Å². The largest absolute Gasteiger partial charge is 0.467 e. The standard InChI is InChI=1S/C23H26N6O6/c1-23(2,3)35-22(33)28-11-14(10-15(28)20(32)34-4)29-12-24-16-17(29)25-21(27-19(16)31)26-18(30)13-8-6-5-7-9-13/h5-9,12,14-15H,10-11H2,1-4H3,(H2,25,26,27,30,31)/t14-,15-/m0/s1. The fourth-order valence-electron chi connectivity index (χ4n) is 3.92. The fraction of sp³-hybridized carbons (Fsp3) is 0.391. The van der Waals surface area contributed by atoms with E-state index in [1.165, 1.54) is 18.3 Å². The molecule has 1 aliphatic rings. The Balaban J connectivity index is 1.65. The monoisotopic (exact) mass is 482 g/mol. The SMILES string of the molecule is COC(=O)[C@@H]1C[C@H](n2cnc3c(=O)[nH]c(NC(=O)c4ccccc4)nc32)CN1C(=O)OC(C)(C)C. The number of esters is 1. The first-order valence-corrected chi connectivity index (χ1v) is 11.0. The zero-order valence-corrected chi connectivity index (χ0v) is 19.8. The van der Waals surface area contributed by atoms with Crippen LogP contribution < -0.4 is 10.9 Å². The van der Waals surface area contributed by atoms with Crippen LogP contribution in [0.1, 0.15) is 43.6 Å². The lowest BCUT2D eigenvalue weighted by Gasteiger charge is -2.27. The van der Waals surface area contributed by atoms with Gasteiger partial charge in [-0.05, 0) is 32.9 Å². The molecule has 2 amide bonds. The van der Waals surface area contributed by atoms with Gasteiger partial charge in [0.05, 0.1) is 19.5 Å². The molecule has 3 heterocycles. The van der Waals surface area contributed by atoms with E-state index < -0.39 is 41.2 Å². The number of ether oxygens (including phenoxy) is 2. The summed E-state index contributed by atoms with van der Waals surface area (Å²) in [4.78, 5) is 62.7. The van der Waals surface area contributed by atoms with Crippen LogP contribution in [-0.2, 0) is 14.3 Å². The molecule has 1 fully saturated rings. The molecule has 35 heavy (non-hydrogen) atoms. The first kappa shape index (κ1) is 23.9. The summed E-state index contributed by atoms with van der Waals surface area (Å²) in [5, 5.41) is 2.58. The van der Waals surface area contributed by atoms with Crippen molar-refractivity contribution in [3.8, 4) is 0 Å². The van der Waals surface area contributed by atoms with E-state index >= 15 is 0 Å². The van der Waals surface area contributed by atoms with Gasteiger partial charge in [-0.25, -0.2) is 14.6 Å². The summed E-state index contributed by atoms with van der Waals surface area (Å²) in [7, 11) is 1.25. The molecule has 2 N–H and O–H groups in total. The maximum atomic E-state index is 12.8. The number of aromatic nitrogens is 4. The number of H-pyrrole nitrogens is 1. The Morgan fingerprint density at radius 3 is 2.54 bits per heavy atom. The smallest absolute Gasteiger partial charge is 0.411 e. The lowest BCUT2D eigenvalue weighted by molar-refractivity contribution is -0.145. The summed E-state index contributed by atoms with van der Waals surface area (Å²) in [6, 6.07) is 7.17. The van der Waals surface area contributed by atoms with Crippen molar-refractivity contribution in [3.63, 3.8) is 0 Å². The minimum atomic E-state index is -0.878.